The first kappa shape index (κ1) is 9.88. The van der Waals surface area contributed by atoms with Crippen LogP contribution in [0.5, 0.6) is 5.75 Å². The number of hydrogen-bond donors (Lipinski definition) is 0. The maximum Gasteiger partial charge on any atom is 0.134 e. The number of ketones is 1. The topological polar surface area (TPSA) is 26.3 Å². The van der Waals surface area contributed by atoms with E-state index in [0.29, 0.717) is 5.78 Å². The van der Waals surface area contributed by atoms with Crippen LogP contribution in [0.25, 0.3) is 0 Å². The van der Waals surface area contributed by atoms with Crippen molar-refractivity contribution >= 4 is 5.78 Å². The van der Waals surface area contributed by atoms with E-state index in [2.05, 4.69) is 19.1 Å². The largest absolute Gasteiger partial charge is 0.497 e. The molecule has 3 rings (SSSR count). The van der Waals surface area contributed by atoms with Crippen LogP contribution in [0.1, 0.15) is 31.7 Å². The fourth-order valence-corrected chi connectivity index (χ4v) is 3.44. The summed E-state index contributed by atoms with van der Waals surface area (Å²) < 4.78 is 5.25. The Kier molecular flexibility index (Phi) is 1.78. The Balaban J connectivity index is 2.02. The van der Waals surface area contributed by atoms with Crippen molar-refractivity contribution in [2.45, 2.75) is 31.6 Å². The van der Waals surface area contributed by atoms with Crippen LogP contribution >= 0.6 is 0 Å². The standard InChI is InChI=1S/C14H16O2/c1-13-7-11(15)8-14(13,9-13)10-4-3-5-12(6-10)16-2/h3-6H,7-9H2,1-2H3/t13-,14+/m0/s1. The summed E-state index contributed by atoms with van der Waals surface area (Å²) in [5.74, 6) is 1.30. The van der Waals surface area contributed by atoms with Gasteiger partial charge in [0.1, 0.15) is 11.5 Å². The Morgan fingerprint density at radius 3 is 2.75 bits per heavy atom. The molecule has 0 amide bonds. The van der Waals surface area contributed by atoms with Gasteiger partial charge in [-0.2, -0.15) is 0 Å². The van der Waals surface area contributed by atoms with Gasteiger partial charge in [0.2, 0.25) is 0 Å². The first-order valence-electron chi connectivity index (χ1n) is 5.76. The van der Waals surface area contributed by atoms with Crippen molar-refractivity contribution in [1.82, 2.24) is 0 Å². The van der Waals surface area contributed by atoms with Gasteiger partial charge in [0, 0.05) is 18.3 Å². The zero-order valence-corrected chi connectivity index (χ0v) is 9.75. The quantitative estimate of drug-likeness (QED) is 0.759. The van der Waals surface area contributed by atoms with Crippen molar-refractivity contribution in [3.8, 4) is 5.75 Å². The monoisotopic (exact) mass is 216 g/mol. The second kappa shape index (κ2) is 2.88. The summed E-state index contributed by atoms with van der Waals surface area (Å²) in [5.41, 5.74) is 1.62. The maximum atomic E-state index is 11.6. The summed E-state index contributed by atoms with van der Waals surface area (Å²) in [7, 11) is 1.68. The van der Waals surface area contributed by atoms with Crippen LogP contribution in [0, 0.1) is 5.41 Å². The van der Waals surface area contributed by atoms with Crippen molar-refractivity contribution in [2.75, 3.05) is 7.11 Å². The number of Topliss-reactive ketones (excluding diaryl/α,β-unsaturated/α-hetero) is 1. The van der Waals surface area contributed by atoms with Gasteiger partial charge in [-0.1, -0.05) is 19.1 Å². The highest BCUT2D eigenvalue weighted by Crippen LogP contribution is 2.72. The second-order valence-corrected chi connectivity index (χ2v) is 5.44. The summed E-state index contributed by atoms with van der Waals surface area (Å²) in [6, 6.07) is 8.19. The summed E-state index contributed by atoms with van der Waals surface area (Å²) in [5, 5.41) is 0. The predicted molar refractivity (Wildman–Crippen MR) is 61.6 cm³/mol. The molecule has 2 nitrogen and oxygen atoms in total. The van der Waals surface area contributed by atoms with Crippen LogP contribution in [0.4, 0.5) is 0 Å². The zero-order valence-electron chi connectivity index (χ0n) is 9.75. The molecule has 0 unspecified atom stereocenters. The van der Waals surface area contributed by atoms with Gasteiger partial charge < -0.3 is 4.74 Å². The normalized spacial score (nSPS) is 36.0. The van der Waals surface area contributed by atoms with Crippen LogP contribution in [-0.4, -0.2) is 12.9 Å². The minimum atomic E-state index is 0.124. The SMILES string of the molecule is COc1cccc([C@]23CC(=O)C[C@@]2(C)C3)c1. The molecule has 2 atom stereocenters. The lowest BCUT2D eigenvalue weighted by Gasteiger charge is -2.15. The molecule has 2 heteroatoms. The molecule has 2 fully saturated rings. The van der Waals surface area contributed by atoms with E-state index in [1.165, 1.54) is 5.56 Å². The van der Waals surface area contributed by atoms with Crippen molar-refractivity contribution in [3.05, 3.63) is 29.8 Å². The van der Waals surface area contributed by atoms with Gasteiger partial charge in [0.05, 0.1) is 7.11 Å². The second-order valence-electron chi connectivity index (χ2n) is 5.44. The number of fused-ring (bicyclic) bond motifs is 1. The number of methoxy groups -OCH3 is 1. The van der Waals surface area contributed by atoms with Crippen molar-refractivity contribution < 1.29 is 9.53 Å². The molecule has 0 heterocycles. The average Bonchev–Trinajstić information content (AvgIpc) is 2.74. The van der Waals surface area contributed by atoms with Gasteiger partial charge in [0.25, 0.3) is 0 Å². The molecule has 0 N–H and O–H groups in total. The third-order valence-electron chi connectivity index (χ3n) is 4.43. The average molecular weight is 216 g/mol. The smallest absolute Gasteiger partial charge is 0.134 e. The summed E-state index contributed by atoms with van der Waals surface area (Å²) >= 11 is 0. The maximum absolute atomic E-state index is 11.6. The van der Waals surface area contributed by atoms with Gasteiger partial charge in [-0.3, -0.25) is 4.79 Å². The van der Waals surface area contributed by atoms with Crippen molar-refractivity contribution in [1.29, 1.82) is 0 Å². The molecule has 1 aromatic rings. The first-order chi connectivity index (χ1) is 7.60. The Hall–Kier alpha value is -1.31. The molecule has 16 heavy (non-hydrogen) atoms. The molecule has 2 saturated carbocycles. The molecule has 0 aromatic heterocycles. The Bertz CT molecular complexity index is 466. The fourth-order valence-electron chi connectivity index (χ4n) is 3.44. The van der Waals surface area contributed by atoms with E-state index in [9.17, 15) is 4.79 Å². The van der Waals surface area contributed by atoms with E-state index in [1.807, 2.05) is 12.1 Å². The highest BCUT2D eigenvalue weighted by molar-refractivity contribution is 5.87. The van der Waals surface area contributed by atoms with Gasteiger partial charge >= 0.3 is 0 Å². The van der Waals surface area contributed by atoms with E-state index >= 15 is 0 Å². The third kappa shape index (κ3) is 1.10. The van der Waals surface area contributed by atoms with E-state index in [1.54, 1.807) is 7.11 Å². The fraction of sp³-hybridized carbons (Fsp3) is 0.500. The minimum absolute atomic E-state index is 0.124. The Morgan fingerprint density at radius 1 is 1.31 bits per heavy atom. The molecule has 0 spiro atoms. The van der Waals surface area contributed by atoms with Gasteiger partial charge in [-0.15, -0.1) is 0 Å². The summed E-state index contributed by atoms with van der Waals surface area (Å²) in [6.45, 7) is 2.23. The van der Waals surface area contributed by atoms with E-state index in [0.717, 1.165) is 25.0 Å². The zero-order chi connectivity index (χ0) is 11.4. The Morgan fingerprint density at radius 2 is 2.12 bits per heavy atom. The predicted octanol–water partition coefficient (Wildman–Crippen LogP) is 2.71. The van der Waals surface area contributed by atoms with E-state index < -0.39 is 0 Å². The lowest BCUT2D eigenvalue weighted by Crippen LogP contribution is -2.10. The van der Waals surface area contributed by atoms with E-state index in [-0.39, 0.29) is 10.8 Å². The molecule has 0 aliphatic heterocycles. The van der Waals surface area contributed by atoms with E-state index in [4.69, 9.17) is 4.74 Å². The number of hydrogen-bond acceptors (Lipinski definition) is 2. The molecule has 1 aromatic carbocycles. The first-order valence-corrected chi connectivity index (χ1v) is 5.76. The van der Waals surface area contributed by atoms with Gasteiger partial charge in [-0.25, -0.2) is 0 Å². The number of rotatable bonds is 2. The van der Waals surface area contributed by atoms with Crippen LogP contribution in [0.3, 0.4) is 0 Å². The molecule has 84 valence electrons. The lowest BCUT2D eigenvalue weighted by molar-refractivity contribution is -0.118. The minimum Gasteiger partial charge on any atom is -0.497 e. The molecule has 2 aliphatic rings. The Labute approximate surface area is 95.6 Å². The molecule has 2 aliphatic carbocycles. The number of carbonyl (C=O) groups is 1. The van der Waals surface area contributed by atoms with Crippen LogP contribution < -0.4 is 4.74 Å². The van der Waals surface area contributed by atoms with Crippen LogP contribution in [0.15, 0.2) is 24.3 Å². The van der Waals surface area contributed by atoms with Crippen LogP contribution in [0.2, 0.25) is 0 Å². The molecular weight excluding hydrogens is 200 g/mol. The highest BCUT2D eigenvalue weighted by Gasteiger charge is 2.69. The summed E-state index contributed by atoms with van der Waals surface area (Å²) in [4.78, 5) is 11.6. The highest BCUT2D eigenvalue weighted by atomic mass is 16.5. The van der Waals surface area contributed by atoms with Gasteiger partial charge in [0.15, 0.2) is 0 Å². The third-order valence-corrected chi connectivity index (χ3v) is 4.43. The van der Waals surface area contributed by atoms with Gasteiger partial charge in [-0.05, 0) is 29.5 Å². The lowest BCUT2D eigenvalue weighted by atomic mass is 9.89. The molecule has 0 saturated heterocycles. The molecule has 0 bridgehead atoms. The van der Waals surface area contributed by atoms with Crippen molar-refractivity contribution in [3.63, 3.8) is 0 Å². The van der Waals surface area contributed by atoms with Crippen LogP contribution in [-0.2, 0) is 10.2 Å². The van der Waals surface area contributed by atoms with Crippen molar-refractivity contribution in [2.24, 2.45) is 5.41 Å². The summed E-state index contributed by atoms with van der Waals surface area (Å²) in [6.07, 6.45) is 2.62. The number of benzene rings is 1. The molecule has 0 radical (unpaired) electrons. The number of carbonyl (C=O) groups excluding carboxylic acids is 1. The molecular formula is C14H16O2. The number of ether oxygens (including phenoxy) is 1.